The van der Waals surface area contributed by atoms with Crippen molar-refractivity contribution >= 4 is 21.8 Å². The summed E-state index contributed by atoms with van der Waals surface area (Å²) in [5.41, 5.74) is 0.166. The number of hydrogen-bond donors (Lipinski definition) is 1. The minimum absolute atomic E-state index is 0.155. The molecule has 1 heterocycles. The summed E-state index contributed by atoms with van der Waals surface area (Å²) < 4.78 is 6.05. The Labute approximate surface area is 110 Å². The topological polar surface area (TPSA) is 51.2 Å². The fourth-order valence-corrected chi connectivity index (χ4v) is 1.82. The van der Waals surface area contributed by atoms with Crippen molar-refractivity contribution in [3.05, 3.63) is 28.5 Å². The van der Waals surface area contributed by atoms with Crippen LogP contribution in [0.4, 0.5) is 0 Å². The van der Waals surface area contributed by atoms with Crippen molar-refractivity contribution in [3.8, 4) is 0 Å². The summed E-state index contributed by atoms with van der Waals surface area (Å²) in [5.74, 6) is -0.155. The molecule has 4 nitrogen and oxygen atoms in total. The van der Waals surface area contributed by atoms with Crippen LogP contribution >= 0.6 is 15.9 Å². The third kappa shape index (κ3) is 4.44. The fourth-order valence-electron chi connectivity index (χ4n) is 1.39. The molecule has 0 aliphatic rings. The van der Waals surface area contributed by atoms with E-state index in [1.165, 1.54) is 0 Å². The van der Waals surface area contributed by atoms with Gasteiger partial charge in [0.25, 0.3) is 5.91 Å². The molecular formula is C12H17BrN2O2. The molecule has 0 saturated heterocycles. The van der Waals surface area contributed by atoms with Gasteiger partial charge in [-0.25, -0.2) is 4.98 Å². The zero-order valence-electron chi connectivity index (χ0n) is 10.3. The maximum atomic E-state index is 11.9. The Hall–Kier alpha value is -0.940. The number of nitrogens with one attached hydrogen (secondary N) is 1. The third-order valence-corrected chi connectivity index (χ3v) is 2.85. The van der Waals surface area contributed by atoms with E-state index < -0.39 is 0 Å². The normalized spacial score (nSPS) is 11.3. The van der Waals surface area contributed by atoms with Gasteiger partial charge in [-0.2, -0.15) is 0 Å². The molecule has 1 aromatic heterocycles. The lowest BCUT2D eigenvalue weighted by Gasteiger charge is -2.24. The number of amides is 1. The molecule has 17 heavy (non-hydrogen) atoms. The van der Waals surface area contributed by atoms with Gasteiger partial charge in [-0.15, -0.1) is 0 Å². The standard InChI is InChI=1S/C12H17BrN2O2/c1-4-17-12(2,3)8-15-11(16)9-6-5-7-14-10(9)13/h5-7H,4,8H2,1-3H3,(H,15,16). The Kier molecular flexibility index (Phi) is 5.08. The van der Waals surface area contributed by atoms with Gasteiger partial charge in [0.15, 0.2) is 0 Å². The Balaban J connectivity index is 2.59. The highest BCUT2D eigenvalue weighted by atomic mass is 79.9. The zero-order valence-corrected chi connectivity index (χ0v) is 11.9. The molecule has 0 aromatic carbocycles. The highest BCUT2D eigenvalue weighted by molar-refractivity contribution is 9.10. The first-order valence-electron chi connectivity index (χ1n) is 5.49. The first-order valence-corrected chi connectivity index (χ1v) is 6.28. The van der Waals surface area contributed by atoms with Gasteiger partial charge in [0.05, 0.1) is 11.2 Å². The van der Waals surface area contributed by atoms with Gasteiger partial charge in [-0.1, -0.05) is 0 Å². The van der Waals surface area contributed by atoms with Gasteiger partial charge in [-0.3, -0.25) is 4.79 Å². The molecule has 0 fully saturated rings. The lowest BCUT2D eigenvalue weighted by atomic mass is 10.1. The Bertz CT molecular complexity index is 394. The monoisotopic (exact) mass is 300 g/mol. The van der Waals surface area contributed by atoms with E-state index in [-0.39, 0.29) is 11.5 Å². The van der Waals surface area contributed by atoms with Crippen molar-refractivity contribution in [3.63, 3.8) is 0 Å². The molecule has 0 unspecified atom stereocenters. The summed E-state index contributed by atoms with van der Waals surface area (Å²) in [4.78, 5) is 15.9. The maximum absolute atomic E-state index is 11.9. The minimum atomic E-state index is -0.362. The van der Waals surface area contributed by atoms with Gasteiger partial charge in [0.2, 0.25) is 0 Å². The molecule has 1 rings (SSSR count). The maximum Gasteiger partial charge on any atom is 0.254 e. The molecular weight excluding hydrogens is 284 g/mol. The molecule has 0 aliphatic heterocycles. The molecule has 0 spiro atoms. The number of pyridine rings is 1. The Morgan fingerprint density at radius 1 is 1.59 bits per heavy atom. The van der Waals surface area contributed by atoms with Crippen molar-refractivity contribution < 1.29 is 9.53 Å². The molecule has 0 bridgehead atoms. The van der Waals surface area contributed by atoms with E-state index >= 15 is 0 Å². The molecule has 5 heteroatoms. The second kappa shape index (κ2) is 6.12. The highest BCUT2D eigenvalue weighted by Gasteiger charge is 2.19. The van der Waals surface area contributed by atoms with Crippen LogP contribution in [-0.2, 0) is 4.74 Å². The lowest BCUT2D eigenvalue weighted by Crippen LogP contribution is -2.40. The number of halogens is 1. The first kappa shape index (κ1) is 14.1. The van der Waals surface area contributed by atoms with Crippen LogP contribution in [0.3, 0.4) is 0 Å². The molecule has 1 N–H and O–H groups in total. The Morgan fingerprint density at radius 2 is 2.29 bits per heavy atom. The van der Waals surface area contributed by atoms with Gasteiger partial charge < -0.3 is 10.1 Å². The number of carbonyl (C=O) groups is 1. The second-order valence-electron chi connectivity index (χ2n) is 4.22. The summed E-state index contributed by atoms with van der Waals surface area (Å²) in [6, 6.07) is 3.45. The summed E-state index contributed by atoms with van der Waals surface area (Å²) in [5, 5.41) is 2.83. The minimum Gasteiger partial charge on any atom is -0.374 e. The van der Waals surface area contributed by atoms with Crippen LogP contribution in [0.25, 0.3) is 0 Å². The third-order valence-electron chi connectivity index (χ3n) is 2.21. The van der Waals surface area contributed by atoms with E-state index in [0.717, 1.165) is 0 Å². The van der Waals surface area contributed by atoms with E-state index in [1.807, 2.05) is 20.8 Å². The summed E-state index contributed by atoms with van der Waals surface area (Å²) in [7, 11) is 0. The predicted octanol–water partition coefficient (Wildman–Crippen LogP) is 2.39. The first-order chi connectivity index (χ1) is 7.96. The van der Waals surface area contributed by atoms with Gasteiger partial charge in [0.1, 0.15) is 4.60 Å². The predicted molar refractivity (Wildman–Crippen MR) is 70.0 cm³/mol. The summed E-state index contributed by atoms with van der Waals surface area (Å²) in [6.45, 7) is 6.89. The lowest BCUT2D eigenvalue weighted by molar-refractivity contribution is -0.00816. The van der Waals surface area contributed by atoms with Crippen LogP contribution in [0.2, 0.25) is 0 Å². The zero-order chi connectivity index (χ0) is 12.9. The molecule has 0 aliphatic carbocycles. The number of nitrogens with zero attached hydrogens (tertiary/aromatic N) is 1. The van der Waals surface area contributed by atoms with Crippen LogP contribution in [0.5, 0.6) is 0 Å². The smallest absolute Gasteiger partial charge is 0.254 e. The van der Waals surface area contributed by atoms with E-state index in [9.17, 15) is 4.79 Å². The van der Waals surface area contributed by atoms with Crippen LogP contribution in [0.15, 0.2) is 22.9 Å². The Morgan fingerprint density at radius 3 is 2.88 bits per heavy atom. The second-order valence-corrected chi connectivity index (χ2v) is 4.97. The number of hydrogen-bond acceptors (Lipinski definition) is 3. The molecule has 0 atom stereocenters. The van der Waals surface area contributed by atoms with Crippen LogP contribution in [0, 0.1) is 0 Å². The van der Waals surface area contributed by atoms with Gasteiger partial charge >= 0.3 is 0 Å². The van der Waals surface area contributed by atoms with Gasteiger partial charge in [-0.05, 0) is 48.8 Å². The van der Waals surface area contributed by atoms with Crippen molar-refractivity contribution in [1.29, 1.82) is 0 Å². The number of aromatic nitrogens is 1. The van der Waals surface area contributed by atoms with Crippen molar-refractivity contribution in [2.24, 2.45) is 0 Å². The van der Waals surface area contributed by atoms with Crippen molar-refractivity contribution in [2.75, 3.05) is 13.2 Å². The van der Waals surface area contributed by atoms with E-state index in [2.05, 4.69) is 26.2 Å². The number of carbonyl (C=O) groups excluding carboxylic acids is 1. The SMILES string of the molecule is CCOC(C)(C)CNC(=O)c1cccnc1Br. The fraction of sp³-hybridized carbons (Fsp3) is 0.500. The average molecular weight is 301 g/mol. The molecule has 0 saturated carbocycles. The number of rotatable bonds is 5. The highest BCUT2D eigenvalue weighted by Crippen LogP contribution is 2.13. The van der Waals surface area contributed by atoms with E-state index in [0.29, 0.717) is 23.3 Å². The van der Waals surface area contributed by atoms with Gasteiger partial charge in [0, 0.05) is 19.3 Å². The van der Waals surface area contributed by atoms with Crippen molar-refractivity contribution in [1.82, 2.24) is 10.3 Å². The van der Waals surface area contributed by atoms with Crippen molar-refractivity contribution in [2.45, 2.75) is 26.4 Å². The quantitative estimate of drug-likeness (QED) is 0.850. The molecule has 0 radical (unpaired) electrons. The van der Waals surface area contributed by atoms with E-state index in [4.69, 9.17) is 4.74 Å². The van der Waals surface area contributed by atoms with Crippen LogP contribution < -0.4 is 5.32 Å². The molecule has 1 aromatic rings. The van der Waals surface area contributed by atoms with E-state index in [1.54, 1.807) is 18.3 Å². The van der Waals surface area contributed by atoms with Crippen LogP contribution in [0.1, 0.15) is 31.1 Å². The number of ether oxygens (including phenoxy) is 1. The molecule has 94 valence electrons. The van der Waals surface area contributed by atoms with Crippen LogP contribution in [-0.4, -0.2) is 29.6 Å². The average Bonchev–Trinajstić information content (AvgIpc) is 2.27. The molecule has 1 amide bonds. The largest absolute Gasteiger partial charge is 0.374 e. The summed E-state index contributed by atoms with van der Waals surface area (Å²) >= 11 is 3.24. The summed E-state index contributed by atoms with van der Waals surface area (Å²) in [6.07, 6.45) is 1.63.